The maximum atomic E-state index is 13.6. The summed E-state index contributed by atoms with van der Waals surface area (Å²) in [6, 6.07) is 8.38. The number of hydrogen-bond donors (Lipinski definition) is 2. The van der Waals surface area contributed by atoms with Crippen LogP contribution < -0.4 is 5.73 Å². The van der Waals surface area contributed by atoms with Crippen LogP contribution in [0.3, 0.4) is 0 Å². The lowest BCUT2D eigenvalue weighted by Gasteiger charge is -2.33. The number of nitrogens with two attached hydrogens (primary N) is 1. The average Bonchev–Trinajstić information content (AvgIpc) is 2.63. The Balaban J connectivity index is 2.43. The Kier molecular flexibility index (Phi) is 3.37. The van der Waals surface area contributed by atoms with Crippen molar-refractivity contribution in [2.45, 2.75) is 24.3 Å². The van der Waals surface area contributed by atoms with Crippen LogP contribution in [0.1, 0.15) is 12.0 Å². The van der Waals surface area contributed by atoms with E-state index in [1.807, 2.05) is 0 Å². The molecule has 1 atom stereocenters. The number of carboxylic acid groups (broad SMARTS) is 1. The van der Waals surface area contributed by atoms with Gasteiger partial charge in [-0.05, 0) is 5.56 Å². The molecule has 3 N–H and O–H groups in total. The molecule has 1 fully saturated rings. The van der Waals surface area contributed by atoms with E-state index in [0.717, 1.165) is 0 Å². The Morgan fingerprint density at radius 2 is 1.90 bits per heavy atom. The predicted molar refractivity (Wildman–Crippen MR) is 66.4 cm³/mol. The van der Waals surface area contributed by atoms with Crippen molar-refractivity contribution in [3.8, 4) is 0 Å². The van der Waals surface area contributed by atoms with Crippen LogP contribution in [-0.2, 0) is 11.2 Å². The van der Waals surface area contributed by atoms with Crippen LogP contribution in [0.15, 0.2) is 30.3 Å². The molecule has 1 aromatic carbocycles. The molecule has 0 bridgehead atoms. The number of hydrogen-bond acceptors (Lipinski definition) is 2. The molecule has 2 amide bonds. The number of rotatable bonds is 3. The summed E-state index contributed by atoms with van der Waals surface area (Å²) in [5.41, 5.74) is 3.93. The monoisotopic (exact) mass is 284 g/mol. The highest BCUT2D eigenvalue weighted by Crippen LogP contribution is 2.41. The van der Waals surface area contributed by atoms with E-state index in [0.29, 0.717) is 10.5 Å². The SMILES string of the molecule is NC(=O)[C@]1(Cc2ccccc2)CC(F)(F)CN1C(=O)O. The molecule has 20 heavy (non-hydrogen) atoms. The van der Waals surface area contributed by atoms with Crippen molar-refractivity contribution in [3.63, 3.8) is 0 Å². The summed E-state index contributed by atoms with van der Waals surface area (Å²) in [5, 5.41) is 9.09. The predicted octanol–water partition coefficient (Wildman–Crippen LogP) is 1.47. The van der Waals surface area contributed by atoms with Gasteiger partial charge in [0.25, 0.3) is 5.92 Å². The van der Waals surface area contributed by atoms with Gasteiger partial charge in [0.15, 0.2) is 0 Å². The van der Waals surface area contributed by atoms with Gasteiger partial charge in [-0.15, -0.1) is 0 Å². The van der Waals surface area contributed by atoms with Crippen molar-refractivity contribution in [2.24, 2.45) is 5.73 Å². The summed E-state index contributed by atoms with van der Waals surface area (Å²) < 4.78 is 27.2. The standard InChI is InChI=1S/C13H14F2N2O3/c14-13(15)7-12(10(16)18,17(8-13)11(19)20)6-9-4-2-1-3-5-9/h1-5H,6-8H2,(H2,16,18)(H,19,20)/t12-/m0/s1. The molecule has 0 spiro atoms. The summed E-state index contributed by atoms with van der Waals surface area (Å²) in [6.45, 7) is -1.02. The Labute approximate surface area is 114 Å². The van der Waals surface area contributed by atoms with Gasteiger partial charge in [-0.25, -0.2) is 13.6 Å². The van der Waals surface area contributed by atoms with Gasteiger partial charge in [0, 0.05) is 12.8 Å². The molecule has 5 nitrogen and oxygen atoms in total. The number of likely N-dealkylation sites (tertiary alicyclic amines) is 1. The van der Waals surface area contributed by atoms with Gasteiger partial charge >= 0.3 is 6.09 Å². The third kappa shape index (κ3) is 2.43. The Bertz CT molecular complexity index is 536. The first kappa shape index (κ1) is 14.2. The van der Waals surface area contributed by atoms with Crippen molar-refractivity contribution >= 4 is 12.0 Å². The van der Waals surface area contributed by atoms with Crippen molar-refractivity contribution < 1.29 is 23.5 Å². The molecule has 108 valence electrons. The van der Waals surface area contributed by atoms with Crippen LogP contribution in [0.4, 0.5) is 13.6 Å². The molecule has 7 heteroatoms. The number of carbonyl (C=O) groups is 2. The van der Waals surface area contributed by atoms with E-state index in [2.05, 4.69) is 0 Å². The number of amides is 2. The molecule has 2 rings (SSSR count). The van der Waals surface area contributed by atoms with Crippen molar-refractivity contribution in [3.05, 3.63) is 35.9 Å². The number of alkyl halides is 2. The van der Waals surface area contributed by atoms with E-state index >= 15 is 0 Å². The quantitative estimate of drug-likeness (QED) is 0.881. The lowest BCUT2D eigenvalue weighted by molar-refractivity contribution is -0.128. The zero-order chi connectivity index (χ0) is 15.0. The summed E-state index contributed by atoms with van der Waals surface area (Å²) in [7, 11) is 0. The third-order valence-electron chi connectivity index (χ3n) is 3.49. The van der Waals surface area contributed by atoms with E-state index in [1.165, 1.54) is 0 Å². The maximum absolute atomic E-state index is 13.6. The number of nitrogens with zero attached hydrogens (tertiary/aromatic N) is 1. The molecule has 0 aliphatic carbocycles. The molecule has 1 aromatic rings. The smallest absolute Gasteiger partial charge is 0.408 e. The first-order valence-corrected chi connectivity index (χ1v) is 5.99. The summed E-state index contributed by atoms with van der Waals surface area (Å²) in [6.07, 6.45) is -2.63. The molecule has 0 unspecified atom stereocenters. The van der Waals surface area contributed by atoms with Gasteiger partial charge in [0.1, 0.15) is 5.54 Å². The fourth-order valence-electron chi connectivity index (χ4n) is 2.61. The van der Waals surface area contributed by atoms with E-state index in [-0.39, 0.29) is 6.42 Å². The molecule has 0 aromatic heterocycles. The highest BCUT2D eigenvalue weighted by Gasteiger charge is 2.60. The number of primary amides is 1. The van der Waals surface area contributed by atoms with Gasteiger partial charge in [0.05, 0.1) is 6.54 Å². The van der Waals surface area contributed by atoms with Gasteiger partial charge in [-0.3, -0.25) is 9.69 Å². The number of halogens is 2. The van der Waals surface area contributed by atoms with E-state index in [1.54, 1.807) is 30.3 Å². The summed E-state index contributed by atoms with van der Waals surface area (Å²) in [5.74, 6) is -4.32. The van der Waals surface area contributed by atoms with E-state index in [4.69, 9.17) is 10.8 Å². The molecule has 1 aliphatic heterocycles. The second-order valence-electron chi connectivity index (χ2n) is 4.96. The van der Waals surface area contributed by atoms with Gasteiger partial charge in [-0.1, -0.05) is 30.3 Å². The lowest BCUT2D eigenvalue weighted by Crippen LogP contribution is -2.57. The van der Waals surface area contributed by atoms with Gasteiger partial charge in [0.2, 0.25) is 5.91 Å². The minimum atomic E-state index is -3.26. The molecule has 1 heterocycles. The Hall–Kier alpha value is -2.18. The molecular formula is C13H14F2N2O3. The second-order valence-corrected chi connectivity index (χ2v) is 4.96. The fraction of sp³-hybridized carbons (Fsp3) is 0.385. The number of carbonyl (C=O) groups excluding carboxylic acids is 1. The van der Waals surface area contributed by atoms with Crippen LogP contribution in [0.25, 0.3) is 0 Å². The first-order valence-electron chi connectivity index (χ1n) is 5.99. The molecular weight excluding hydrogens is 270 g/mol. The fourth-order valence-corrected chi connectivity index (χ4v) is 2.61. The topological polar surface area (TPSA) is 83.6 Å². The summed E-state index contributed by atoms with van der Waals surface area (Å²) in [4.78, 5) is 23.4. The molecule has 0 saturated carbocycles. The van der Waals surface area contributed by atoms with E-state index < -0.39 is 36.4 Å². The highest BCUT2D eigenvalue weighted by molar-refractivity contribution is 5.89. The maximum Gasteiger partial charge on any atom is 0.408 e. The molecule has 1 aliphatic rings. The van der Waals surface area contributed by atoms with Crippen LogP contribution in [0.5, 0.6) is 0 Å². The second kappa shape index (κ2) is 4.73. The average molecular weight is 284 g/mol. The zero-order valence-corrected chi connectivity index (χ0v) is 10.6. The van der Waals surface area contributed by atoms with Crippen LogP contribution in [0, 0.1) is 0 Å². The summed E-state index contributed by atoms with van der Waals surface area (Å²) >= 11 is 0. The van der Waals surface area contributed by atoms with Crippen LogP contribution in [0.2, 0.25) is 0 Å². The van der Waals surface area contributed by atoms with Gasteiger partial charge in [-0.2, -0.15) is 0 Å². The number of benzene rings is 1. The molecule has 0 radical (unpaired) electrons. The van der Waals surface area contributed by atoms with Crippen LogP contribution in [-0.4, -0.2) is 40.0 Å². The normalized spacial score (nSPS) is 24.6. The van der Waals surface area contributed by atoms with Crippen molar-refractivity contribution in [1.29, 1.82) is 0 Å². The van der Waals surface area contributed by atoms with Crippen LogP contribution >= 0.6 is 0 Å². The van der Waals surface area contributed by atoms with E-state index in [9.17, 15) is 18.4 Å². The Morgan fingerprint density at radius 3 is 2.40 bits per heavy atom. The lowest BCUT2D eigenvalue weighted by atomic mass is 9.87. The zero-order valence-electron chi connectivity index (χ0n) is 10.6. The minimum absolute atomic E-state index is 0.162. The van der Waals surface area contributed by atoms with Crippen molar-refractivity contribution in [1.82, 2.24) is 4.90 Å². The Morgan fingerprint density at radius 1 is 1.30 bits per heavy atom. The molecule has 1 saturated heterocycles. The third-order valence-corrected chi connectivity index (χ3v) is 3.49. The van der Waals surface area contributed by atoms with Gasteiger partial charge < -0.3 is 10.8 Å². The van der Waals surface area contributed by atoms with Crippen molar-refractivity contribution in [2.75, 3.05) is 6.54 Å². The largest absolute Gasteiger partial charge is 0.465 e. The minimum Gasteiger partial charge on any atom is -0.465 e. The first-order chi connectivity index (χ1) is 9.27. The highest BCUT2D eigenvalue weighted by atomic mass is 19.3.